The Balaban J connectivity index is 1.90. The Morgan fingerprint density at radius 3 is 2.81 bits per heavy atom. The summed E-state index contributed by atoms with van der Waals surface area (Å²) in [5, 5.41) is 6.56. The third kappa shape index (κ3) is 3.06. The van der Waals surface area contributed by atoms with Gasteiger partial charge in [0.15, 0.2) is 0 Å². The molecule has 1 saturated carbocycles. The second-order valence-electron chi connectivity index (χ2n) is 4.42. The number of rotatable bonds is 5. The van der Waals surface area contributed by atoms with Crippen LogP contribution in [0.15, 0.2) is 12.4 Å². The molecule has 1 aliphatic carbocycles. The summed E-state index contributed by atoms with van der Waals surface area (Å²) >= 11 is 0. The highest BCUT2D eigenvalue weighted by Gasteiger charge is 2.17. The normalized spacial score (nSPS) is 17.6. The van der Waals surface area contributed by atoms with Gasteiger partial charge in [-0.1, -0.05) is 0 Å². The lowest BCUT2D eigenvalue weighted by atomic mass is 9.93. The molecule has 1 fully saturated rings. The van der Waals surface area contributed by atoms with Gasteiger partial charge in [-0.05, 0) is 26.2 Å². The zero-order chi connectivity index (χ0) is 11.4. The van der Waals surface area contributed by atoms with E-state index >= 15 is 0 Å². The van der Waals surface area contributed by atoms with Gasteiger partial charge in [0.2, 0.25) is 0 Å². The van der Waals surface area contributed by atoms with Crippen LogP contribution in [0.2, 0.25) is 0 Å². The van der Waals surface area contributed by atoms with Crippen LogP contribution >= 0.6 is 0 Å². The molecule has 1 atom stereocenters. The first-order chi connectivity index (χ1) is 7.74. The number of hydrogen-bond acceptors (Lipinski definition) is 5. The predicted molar refractivity (Wildman–Crippen MR) is 65.4 cm³/mol. The maximum absolute atomic E-state index is 5.67. The van der Waals surface area contributed by atoms with E-state index in [0.29, 0.717) is 6.04 Å². The first-order valence-electron chi connectivity index (χ1n) is 5.82. The number of anilines is 2. The van der Waals surface area contributed by atoms with Gasteiger partial charge in [0, 0.05) is 24.7 Å². The molecule has 1 aromatic heterocycles. The molecule has 5 nitrogen and oxygen atoms in total. The molecular formula is C11H19N5. The minimum Gasteiger partial charge on any atom is -0.368 e. The third-order valence-corrected chi connectivity index (χ3v) is 2.73. The van der Waals surface area contributed by atoms with E-state index in [0.717, 1.165) is 18.2 Å². The number of aromatic nitrogens is 2. The lowest BCUT2D eigenvalue weighted by Gasteiger charge is -2.26. The van der Waals surface area contributed by atoms with Crippen LogP contribution in [0, 0.1) is 0 Å². The average Bonchev–Trinajstić information content (AvgIpc) is 2.21. The zero-order valence-electron chi connectivity index (χ0n) is 9.61. The van der Waals surface area contributed by atoms with Gasteiger partial charge in [0.25, 0.3) is 0 Å². The third-order valence-electron chi connectivity index (χ3n) is 2.73. The largest absolute Gasteiger partial charge is 0.368 e. The second kappa shape index (κ2) is 5.12. The first-order valence-corrected chi connectivity index (χ1v) is 5.82. The number of nitrogens with zero attached hydrogens (tertiary/aromatic N) is 2. The molecule has 1 aliphatic rings. The van der Waals surface area contributed by atoms with Gasteiger partial charge in [-0.3, -0.25) is 0 Å². The van der Waals surface area contributed by atoms with Crippen molar-refractivity contribution in [2.45, 2.75) is 38.3 Å². The Bertz CT molecular complexity index is 335. The molecule has 5 heteroatoms. The summed E-state index contributed by atoms with van der Waals surface area (Å²) < 4.78 is 0. The number of hydrogen-bond donors (Lipinski definition) is 3. The van der Waals surface area contributed by atoms with Crippen LogP contribution in [0.1, 0.15) is 26.2 Å². The molecule has 0 aliphatic heterocycles. The molecule has 2 rings (SSSR count). The molecule has 0 bridgehead atoms. The Morgan fingerprint density at radius 2 is 2.19 bits per heavy atom. The van der Waals surface area contributed by atoms with E-state index < -0.39 is 0 Å². The fourth-order valence-corrected chi connectivity index (χ4v) is 1.56. The highest BCUT2D eigenvalue weighted by atomic mass is 15.1. The molecule has 0 amide bonds. The van der Waals surface area contributed by atoms with Crippen molar-refractivity contribution in [2.75, 3.05) is 17.2 Å². The predicted octanol–water partition coefficient (Wildman–Crippen LogP) is 1.20. The minimum absolute atomic E-state index is 0.123. The first kappa shape index (κ1) is 11.1. The van der Waals surface area contributed by atoms with E-state index in [4.69, 9.17) is 5.73 Å². The maximum atomic E-state index is 5.67. The lowest BCUT2D eigenvalue weighted by molar-refractivity contribution is 0.444. The van der Waals surface area contributed by atoms with E-state index in [9.17, 15) is 0 Å². The minimum atomic E-state index is 0.123. The van der Waals surface area contributed by atoms with Crippen LogP contribution in [-0.2, 0) is 0 Å². The summed E-state index contributed by atoms with van der Waals surface area (Å²) in [7, 11) is 0. The average molecular weight is 221 g/mol. The Hall–Kier alpha value is -1.36. The zero-order valence-corrected chi connectivity index (χ0v) is 9.61. The van der Waals surface area contributed by atoms with E-state index in [-0.39, 0.29) is 6.04 Å². The SMILES string of the molecule is CC(N)CNc1cc(NC2CCC2)ncn1. The fourth-order valence-electron chi connectivity index (χ4n) is 1.56. The molecule has 1 unspecified atom stereocenters. The van der Waals surface area contributed by atoms with Gasteiger partial charge in [-0.2, -0.15) is 0 Å². The van der Waals surface area contributed by atoms with Crippen LogP contribution in [-0.4, -0.2) is 28.6 Å². The van der Waals surface area contributed by atoms with E-state index in [1.54, 1.807) is 6.33 Å². The molecule has 0 aromatic carbocycles. The van der Waals surface area contributed by atoms with E-state index in [2.05, 4.69) is 20.6 Å². The quantitative estimate of drug-likeness (QED) is 0.696. The summed E-state index contributed by atoms with van der Waals surface area (Å²) in [4.78, 5) is 8.34. The van der Waals surface area contributed by atoms with Crippen molar-refractivity contribution in [3.8, 4) is 0 Å². The van der Waals surface area contributed by atoms with Gasteiger partial charge in [0.05, 0.1) is 0 Å². The smallest absolute Gasteiger partial charge is 0.131 e. The number of nitrogens with two attached hydrogens (primary N) is 1. The van der Waals surface area contributed by atoms with Crippen molar-refractivity contribution in [1.29, 1.82) is 0 Å². The summed E-state index contributed by atoms with van der Waals surface area (Å²) in [6.45, 7) is 2.68. The Kier molecular flexibility index (Phi) is 3.56. The molecule has 1 heterocycles. The Labute approximate surface area is 95.9 Å². The van der Waals surface area contributed by atoms with Gasteiger partial charge < -0.3 is 16.4 Å². The molecule has 16 heavy (non-hydrogen) atoms. The van der Waals surface area contributed by atoms with Crippen molar-refractivity contribution in [1.82, 2.24) is 9.97 Å². The van der Waals surface area contributed by atoms with Crippen molar-refractivity contribution < 1.29 is 0 Å². The lowest BCUT2D eigenvalue weighted by Crippen LogP contribution is -2.28. The van der Waals surface area contributed by atoms with Crippen LogP contribution in [0.25, 0.3) is 0 Å². The maximum Gasteiger partial charge on any atom is 0.131 e. The topological polar surface area (TPSA) is 75.9 Å². The van der Waals surface area contributed by atoms with Crippen molar-refractivity contribution in [2.24, 2.45) is 5.73 Å². The molecule has 4 N–H and O–H groups in total. The summed E-state index contributed by atoms with van der Waals surface area (Å²) in [6.07, 6.45) is 5.38. The summed E-state index contributed by atoms with van der Waals surface area (Å²) in [5.41, 5.74) is 5.67. The van der Waals surface area contributed by atoms with Gasteiger partial charge >= 0.3 is 0 Å². The van der Waals surface area contributed by atoms with E-state index in [1.807, 2.05) is 13.0 Å². The van der Waals surface area contributed by atoms with Gasteiger partial charge in [0.1, 0.15) is 18.0 Å². The van der Waals surface area contributed by atoms with Crippen LogP contribution in [0.3, 0.4) is 0 Å². The molecular weight excluding hydrogens is 202 g/mol. The summed E-state index contributed by atoms with van der Waals surface area (Å²) in [5.74, 6) is 1.72. The van der Waals surface area contributed by atoms with Crippen molar-refractivity contribution in [3.63, 3.8) is 0 Å². The monoisotopic (exact) mass is 221 g/mol. The number of nitrogens with one attached hydrogen (secondary N) is 2. The highest BCUT2D eigenvalue weighted by Crippen LogP contribution is 2.22. The second-order valence-corrected chi connectivity index (χ2v) is 4.42. The standard InChI is InChI=1S/C11H19N5/c1-8(12)6-13-10-5-11(15-7-14-10)16-9-3-2-4-9/h5,7-9H,2-4,6,12H2,1H3,(H2,13,14,15,16). The Morgan fingerprint density at radius 1 is 1.44 bits per heavy atom. The fraction of sp³-hybridized carbons (Fsp3) is 0.636. The van der Waals surface area contributed by atoms with E-state index in [1.165, 1.54) is 19.3 Å². The van der Waals surface area contributed by atoms with Crippen LogP contribution < -0.4 is 16.4 Å². The van der Waals surface area contributed by atoms with Gasteiger partial charge in [-0.15, -0.1) is 0 Å². The summed E-state index contributed by atoms with van der Waals surface area (Å²) in [6, 6.07) is 2.65. The van der Waals surface area contributed by atoms with Crippen LogP contribution in [0.4, 0.5) is 11.6 Å². The van der Waals surface area contributed by atoms with Crippen LogP contribution in [0.5, 0.6) is 0 Å². The van der Waals surface area contributed by atoms with Crippen molar-refractivity contribution >= 4 is 11.6 Å². The molecule has 0 radical (unpaired) electrons. The molecule has 1 aromatic rings. The molecule has 0 spiro atoms. The van der Waals surface area contributed by atoms with Crippen molar-refractivity contribution in [3.05, 3.63) is 12.4 Å². The molecule has 0 saturated heterocycles. The van der Waals surface area contributed by atoms with Gasteiger partial charge in [-0.25, -0.2) is 9.97 Å². The molecule has 88 valence electrons. The highest BCUT2D eigenvalue weighted by molar-refractivity contribution is 5.47.